The third-order valence-electron chi connectivity index (χ3n) is 4.00. The third-order valence-corrected chi connectivity index (χ3v) is 4.00. The summed E-state index contributed by atoms with van der Waals surface area (Å²) in [6.07, 6.45) is 1.74. The lowest BCUT2D eigenvalue weighted by atomic mass is 10.2. The molecule has 0 aliphatic carbocycles. The number of nitrogens with one attached hydrogen (secondary N) is 2. The van der Waals surface area contributed by atoms with Crippen LogP contribution in [-0.4, -0.2) is 51.3 Å². The Bertz CT molecular complexity index is 770. The molecule has 2 aromatic rings. The minimum Gasteiger partial charge on any atom is -0.493 e. The first kappa shape index (κ1) is 24.8. The highest BCUT2D eigenvalue weighted by Crippen LogP contribution is 2.26. The predicted octanol–water partition coefficient (Wildman–Crippen LogP) is 3.30. The molecular weight excluding hydrogens is 481 g/mol. The van der Waals surface area contributed by atoms with Crippen molar-refractivity contribution in [2.45, 2.75) is 26.5 Å². The maximum absolute atomic E-state index is 5.99. The number of benzene rings is 1. The van der Waals surface area contributed by atoms with Gasteiger partial charge in [0.05, 0.1) is 20.2 Å². The van der Waals surface area contributed by atoms with Crippen molar-refractivity contribution in [2.75, 3.05) is 39.2 Å². The maximum Gasteiger partial charge on any atom is 0.191 e. The van der Waals surface area contributed by atoms with Crippen LogP contribution >= 0.6 is 24.0 Å². The molecule has 0 aliphatic heterocycles. The number of aliphatic imine (C=N–C) groups is 1. The van der Waals surface area contributed by atoms with Crippen molar-refractivity contribution in [2.24, 2.45) is 4.99 Å². The van der Waals surface area contributed by atoms with Gasteiger partial charge in [0.2, 0.25) is 0 Å². The van der Waals surface area contributed by atoms with Crippen molar-refractivity contribution >= 4 is 35.8 Å². The average Bonchev–Trinajstić information content (AvgIpc) is 2.70. The highest BCUT2D eigenvalue weighted by Gasteiger charge is 2.10. The van der Waals surface area contributed by atoms with Crippen molar-refractivity contribution in [3.63, 3.8) is 0 Å². The number of aromatic nitrogens is 1. The van der Waals surface area contributed by atoms with E-state index < -0.39 is 0 Å². The number of methoxy groups -OCH3 is 1. The Morgan fingerprint density at radius 1 is 1.14 bits per heavy atom. The van der Waals surface area contributed by atoms with E-state index in [1.807, 2.05) is 69.2 Å². The zero-order valence-corrected chi connectivity index (χ0v) is 20.1. The lowest BCUT2D eigenvalue weighted by molar-refractivity contribution is 0.213. The number of pyridine rings is 1. The summed E-state index contributed by atoms with van der Waals surface area (Å²) in [5.41, 5.74) is 1.07. The first-order valence-corrected chi connectivity index (χ1v) is 9.48. The average molecular weight is 513 g/mol. The minimum absolute atomic E-state index is 0. The summed E-state index contributed by atoms with van der Waals surface area (Å²) >= 11 is 0. The smallest absolute Gasteiger partial charge is 0.191 e. The second-order valence-corrected chi connectivity index (χ2v) is 6.54. The third kappa shape index (κ3) is 7.96. The summed E-state index contributed by atoms with van der Waals surface area (Å²) in [6.45, 7) is 5.98. The zero-order valence-electron chi connectivity index (χ0n) is 17.8. The van der Waals surface area contributed by atoms with Crippen LogP contribution in [0.1, 0.15) is 19.4 Å². The number of para-hydroxylation sites is 2. The van der Waals surface area contributed by atoms with E-state index in [-0.39, 0.29) is 30.1 Å². The molecule has 1 atom stereocenters. The molecule has 8 heteroatoms. The number of nitrogens with zero attached hydrogens (tertiary/aromatic N) is 3. The summed E-state index contributed by atoms with van der Waals surface area (Å²) in [4.78, 5) is 11.1. The van der Waals surface area contributed by atoms with Gasteiger partial charge in [0, 0.05) is 32.4 Å². The van der Waals surface area contributed by atoms with Gasteiger partial charge in [-0.25, -0.2) is 9.98 Å². The quantitative estimate of drug-likeness (QED) is 0.305. The summed E-state index contributed by atoms with van der Waals surface area (Å²) in [5.74, 6) is 3.12. The number of halogens is 1. The normalized spacial score (nSPS) is 11.8. The van der Waals surface area contributed by atoms with Gasteiger partial charge in [-0.2, -0.15) is 0 Å². The summed E-state index contributed by atoms with van der Waals surface area (Å²) in [6, 6.07) is 11.6. The second-order valence-electron chi connectivity index (χ2n) is 6.54. The van der Waals surface area contributed by atoms with E-state index in [0.29, 0.717) is 13.1 Å². The van der Waals surface area contributed by atoms with Crippen LogP contribution in [0.4, 0.5) is 5.82 Å². The molecule has 29 heavy (non-hydrogen) atoms. The van der Waals surface area contributed by atoms with Crippen molar-refractivity contribution in [1.82, 2.24) is 15.6 Å². The van der Waals surface area contributed by atoms with Gasteiger partial charge in [0.25, 0.3) is 0 Å². The molecule has 160 valence electrons. The van der Waals surface area contributed by atoms with Crippen molar-refractivity contribution in [3.8, 4) is 11.5 Å². The molecule has 0 saturated heterocycles. The summed E-state index contributed by atoms with van der Waals surface area (Å²) in [7, 11) is 5.60. The number of anilines is 1. The first-order valence-electron chi connectivity index (χ1n) is 9.48. The number of guanidine groups is 1. The van der Waals surface area contributed by atoms with Crippen LogP contribution in [0.15, 0.2) is 47.6 Å². The molecule has 0 aliphatic rings. The fourth-order valence-corrected chi connectivity index (χ4v) is 2.68. The topological polar surface area (TPSA) is 71.0 Å². The van der Waals surface area contributed by atoms with Crippen LogP contribution in [-0.2, 0) is 6.54 Å². The van der Waals surface area contributed by atoms with Gasteiger partial charge < -0.3 is 25.0 Å². The van der Waals surface area contributed by atoms with E-state index in [0.717, 1.165) is 35.4 Å². The van der Waals surface area contributed by atoms with E-state index in [2.05, 4.69) is 20.6 Å². The molecule has 0 fully saturated rings. The van der Waals surface area contributed by atoms with Gasteiger partial charge in [-0.05, 0) is 32.0 Å². The molecule has 7 nitrogen and oxygen atoms in total. The monoisotopic (exact) mass is 513 g/mol. The molecule has 0 spiro atoms. The van der Waals surface area contributed by atoms with Gasteiger partial charge in [-0.15, -0.1) is 24.0 Å². The zero-order chi connectivity index (χ0) is 20.4. The van der Waals surface area contributed by atoms with E-state index in [1.54, 1.807) is 13.3 Å². The Hall–Kier alpha value is -2.23. The predicted molar refractivity (Wildman–Crippen MR) is 130 cm³/mol. The lowest BCUT2D eigenvalue weighted by Gasteiger charge is -2.19. The van der Waals surface area contributed by atoms with Gasteiger partial charge in [-0.1, -0.05) is 18.2 Å². The molecule has 2 rings (SSSR count). The van der Waals surface area contributed by atoms with Crippen LogP contribution in [0.3, 0.4) is 0 Å². The van der Waals surface area contributed by atoms with E-state index in [9.17, 15) is 0 Å². The molecule has 0 saturated carbocycles. The summed E-state index contributed by atoms with van der Waals surface area (Å²) in [5, 5.41) is 6.60. The molecule has 0 radical (unpaired) electrons. The van der Waals surface area contributed by atoms with Crippen LogP contribution in [0.25, 0.3) is 0 Å². The Morgan fingerprint density at radius 2 is 1.86 bits per heavy atom. The van der Waals surface area contributed by atoms with Gasteiger partial charge in [0.15, 0.2) is 17.5 Å². The van der Waals surface area contributed by atoms with Gasteiger partial charge >= 0.3 is 0 Å². The molecule has 1 heterocycles. The van der Waals surface area contributed by atoms with Crippen LogP contribution < -0.4 is 25.0 Å². The maximum atomic E-state index is 5.99. The lowest BCUT2D eigenvalue weighted by Crippen LogP contribution is -2.41. The molecular formula is C21H32IN5O2. The standard InChI is InChI=1S/C21H31N5O2.HI/c1-6-22-21(25-15-17-10-9-13-23-20(17)26(3)4)24-14-16(2)28-19-12-8-7-11-18(19)27-5;/h7-13,16H,6,14-15H2,1-5H3,(H2,22,24,25);1H. The minimum atomic E-state index is -0.0594. The molecule has 0 bridgehead atoms. The van der Waals surface area contributed by atoms with Crippen LogP contribution in [0.2, 0.25) is 0 Å². The Labute approximate surface area is 190 Å². The Kier molecular flexibility index (Phi) is 11.2. The van der Waals surface area contributed by atoms with Crippen molar-refractivity contribution in [3.05, 3.63) is 48.2 Å². The first-order chi connectivity index (χ1) is 13.5. The number of rotatable bonds is 9. The molecule has 1 aromatic heterocycles. The number of hydrogen-bond acceptors (Lipinski definition) is 5. The highest BCUT2D eigenvalue weighted by molar-refractivity contribution is 14.0. The van der Waals surface area contributed by atoms with Gasteiger partial charge in [-0.3, -0.25) is 0 Å². The Balaban J connectivity index is 0.00000420. The van der Waals surface area contributed by atoms with E-state index in [4.69, 9.17) is 9.47 Å². The molecule has 1 unspecified atom stereocenters. The van der Waals surface area contributed by atoms with Crippen LogP contribution in [0.5, 0.6) is 11.5 Å². The SMILES string of the molecule is CCNC(=NCc1cccnc1N(C)C)NCC(C)Oc1ccccc1OC.I. The number of ether oxygens (including phenoxy) is 2. The van der Waals surface area contributed by atoms with Crippen LogP contribution in [0, 0.1) is 0 Å². The fraction of sp³-hybridized carbons (Fsp3) is 0.429. The van der Waals surface area contributed by atoms with E-state index in [1.165, 1.54) is 0 Å². The van der Waals surface area contributed by atoms with Crippen molar-refractivity contribution < 1.29 is 9.47 Å². The highest BCUT2D eigenvalue weighted by atomic mass is 127. The molecule has 1 aromatic carbocycles. The van der Waals surface area contributed by atoms with E-state index >= 15 is 0 Å². The largest absolute Gasteiger partial charge is 0.493 e. The number of hydrogen-bond donors (Lipinski definition) is 2. The van der Waals surface area contributed by atoms with Gasteiger partial charge in [0.1, 0.15) is 11.9 Å². The summed E-state index contributed by atoms with van der Waals surface area (Å²) < 4.78 is 11.3. The molecule has 2 N–H and O–H groups in total. The Morgan fingerprint density at radius 3 is 2.52 bits per heavy atom. The molecule has 0 amide bonds. The fourth-order valence-electron chi connectivity index (χ4n) is 2.68. The van der Waals surface area contributed by atoms with Crippen molar-refractivity contribution in [1.29, 1.82) is 0 Å². The second kappa shape index (κ2) is 13.1.